The maximum absolute atomic E-state index is 12.8. The summed E-state index contributed by atoms with van der Waals surface area (Å²) in [5, 5.41) is 1.97. The minimum atomic E-state index is 0.0165. The van der Waals surface area contributed by atoms with Crippen LogP contribution in [0.25, 0.3) is 10.8 Å². The van der Waals surface area contributed by atoms with Crippen LogP contribution in [0.3, 0.4) is 0 Å². The molecule has 5 nitrogen and oxygen atoms in total. The van der Waals surface area contributed by atoms with Crippen LogP contribution in [0, 0.1) is 0 Å². The van der Waals surface area contributed by atoms with Crippen molar-refractivity contribution >= 4 is 16.7 Å². The Morgan fingerprint density at radius 3 is 2.80 bits per heavy atom. The average molecular weight is 332 g/mol. The molecule has 3 aromatic rings. The first-order valence-electron chi connectivity index (χ1n) is 8.44. The predicted octanol–water partition coefficient (Wildman–Crippen LogP) is 2.59. The van der Waals surface area contributed by atoms with Gasteiger partial charge in [-0.3, -0.25) is 19.7 Å². The molecule has 1 aromatic carbocycles. The van der Waals surface area contributed by atoms with Gasteiger partial charge in [0.25, 0.3) is 5.91 Å². The lowest BCUT2D eigenvalue weighted by Gasteiger charge is -2.44. The molecule has 1 fully saturated rings. The number of likely N-dealkylation sites (tertiary alicyclic amines) is 1. The third-order valence-corrected chi connectivity index (χ3v) is 4.80. The molecule has 0 N–H and O–H groups in total. The Morgan fingerprint density at radius 2 is 2.00 bits per heavy atom. The van der Waals surface area contributed by atoms with E-state index in [9.17, 15) is 4.79 Å². The number of hydrogen-bond acceptors (Lipinski definition) is 4. The Balaban J connectivity index is 1.42. The van der Waals surface area contributed by atoms with E-state index in [0.717, 1.165) is 30.4 Å². The van der Waals surface area contributed by atoms with Crippen LogP contribution >= 0.6 is 0 Å². The van der Waals surface area contributed by atoms with Gasteiger partial charge in [0.1, 0.15) is 5.69 Å². The Bertz CT molecular complexity index is 885. The molecule has 126 valence electrons. The highest BCUT2D eigenvalue weighted by atomic mass is 16.2. The van der Waals surface area contributed by atoms with Gasteiger partial charge in [0.15, 0.2) is 0 Å². The molecule has 0 radical (unpaired) electrons. The largest absolute Gasteiger partial charge is 0.334 e. The van der Waals surface area contributed by atoms with Gasteiger partial charge in [-0.05, 0) is 30.1 Å². The first-order chi connectivity index (χ1) is 12.2. The molecule has 25 heavy (non-hydrogen) atoms. The highest BCUT2D eigenvalue weighted by Gasteiger charge is 2.34. The summed E-state index contributed by atoms with van der Waals surface area (Å²) in [6, 6.07) is 14.2. The van der Waals surface area contributed by atoms with E-state index < -0.39 is 0 Å². The number of hydrogen-bond donors (Lipinski definition) is 0. The lowest BCUT2D eigenvalue weighted by atomic mass is 10.0. The minimum absolute atomic E-state index is 0.0165. The molecular formula is C20H20N4O. The number of likely N-dealkylation sites (N-methyl/N-ethyl adjacent to an activating group) is 1. The second-order valence-corrected chi connectivity index (χ2v) is 6.52. The second-order valence-electron chi connectivity index (χ2n) is 6.52. The Labute approximate surface area is 146 Å². The number of rotatable bonds is 4. The van der Waals surface area contributed by atoms with Crippen LogP contribution in [0.15, 0.2) is 61.1 Å². The molecule has 0 atom stereocenters. The molecule has 1 saturated heterocycles. The molecular weight excluding hydrogens is 312 g/mol. The fourth-order valence-electron chi connectivity index (χ4n) is 3.25. The lowest BCUT2D eigenvalue weighted by Crippen LogP contribution is -2.60. The first kappa shape index (κ1) is 15.7. The number of aromatic nitrogens is 2. The van der Waals surface area contributed by atoms with Crippen molar-refractivity contribution in [1.29, 1.82) is 0 Å². The zero-order chi connectivity index (χ0) is 17.2. The van der Waals surface area contributed by atoms with Crippen molar-refractivity contribution in [2.75, 3.05) is 20.1 Å². The van der Waals surface area contributed by atoms with E-state index in [1.54, 1.807) is 12.4 Å². The van der Waals surface area contributed by atoms with Gasteiger partial charge in [0.05, 0.1) is 0 Å². The van der Waals surface area contributed by atoms with E-state index in [-0.39, 0.29) is 5.91 Å². The minimum Gasteiger partial charge on any atom is -0.334 e. The average Bonchev–Trinajstić information content (AvgIpc) is 2.60. The summed E-state index contributed by atoms with van der Waals surface area (Å²) in [4.78, 5) is 25.4. The third-order valence-electron chi connectivity index (χ3n) is 4.80. The number of carbonyl (C=O) groups excluding carboxylic acids is 1. The SMILES string of the molecule is CN(Cc1cccnc1)C1CN(C(=O)c2nccc3ccccc23)C1. The molecule has 1 aliphatic heterocycles. The van der Waals surface area contributed by atoms with Crippen molar-refractivity contribution in [1.82, 2.24) is 19.8 Å². The predicted molar refractivity (Wildman–Crippen MR) is 97.1 cm³/mol. The van der Waals surface area contributed by atoms with Crippen LogP contribution in [0.4, 0.5) is 0 Å². The number of pyridine rings is 2. The second kappa shape index (κ2) is 6.61. The zero-order valence-corrected chi connectivity index (χ0v) is 14.2. The van der Waals surface area contributed by atoms with E-state index in [1.165, 1.54) is 5.56 Å². The first-order valence-corrected chi connectivity index (χ1v) is 8.44. The zero-order valence-electron chi connectivity index (χ0n) is 14.2. The quantitative estimate of drug-likeness (QED) is 0.737. The van der Waals surface area contributed by atoms with Crippen LogP contribution in [0.2, 0.25) is 0 Å². The third kappa shape index (κ3) is 3.10. The molecule has 4 rings (SSSR count). The molecule has 0 saturated carbocycles. The standard InChI is InChI=1S/C20H20N4O/c1-23(12-15-5-4-9-21-11-15)17-13-24(14-17)20(25)19-18-7-3-2-6-16(18)8-10-22-19/h2-11,17H,12-14H2,1H3. The monoisotopic (exact) mass is 332 g/mol. The summed E-state index contributed by atoms with van der Waals surface area (Å²) in [5.74, 6) is 0.0165. The van der Waals surface area contributed by atoms with Crippen molar-refractivity contribution < 1.29 is 4.79 Å². The van der Waals surface area contributed by atoms with Gasteiger partial charge < -0.3 is 4.90 Å². The van der Waals surface area contributed by atoms with Crippen molar-refractivity contribution in [2.45, 2.75) is 12.6 Å². The fraction of sp³-hybridized carbons (Fsp3) is 0.250. The van der Waals surface area contributed by atoms with Crippen LogP contribution in [0.5, 0.6) is 0 Å². The van der Waals surface area contributed by atoms with Gasteiger partial charge >= 0.3 is 0 Å². The maximum Gasteiger partial charge on any atom is 0.273 e. The maximum atomic E-state index is 12.8. The molecule has 5 heteroatoms. The van der Waals surface area contributed by atoms with E-state index >= 15 is 0 Å². The molecule has 0 aliphatic carbocycles. The Hall–Kier alpha value is -2.79. The number of fused-ring (bicyclic) bond motifs is 1. The van der Waals surface area contributed by atoms with Crippen LogP contribution < -0.4 is 0 Å². The van der Waals surface area contributed by atoms with Gasteiger partial charge in [-0.2, -0.15) is 0 Å². The Morgan fingerprint density at radius 1 is 1.16 bits per heavy atom. The molecule has 1 aliphatic rings. The number of nitrogens with zero attached hydrogens (tertiary/aromatic N) is 4. The molecule has 0 spiro atoms. The van der Waals surface area contributed by atoms with Gasteiger partial charge in [-0.1, -0.05) is 30.3 Å². The number of amides is 1. The summed E-state index contributed by atoms with van der Waals surface area (Å²) in [5.41, 5.74) is 1.73. The van der Waals surface area contributed by atoms with E-state index in [2.05, 4.69) is 28.0 Å². The van der Waals surface area contributed by atoms with Gasteiger partial charge in [-0.15, -0.1) is 0 Å². The summed E-state index contributed by atoms with van der Waals surface area (Å²) in [6.45, 7) is 2.31. The van der Waals surface area contributed by atoms with Crippen LogP contribution in [-0.2, 0) is 6.54 Å². The smallest absolute Gasteiger partial charge is 0.273 e. The van der Waals surface area contributed by atoms with Crippen molar-refractivity contribution in [3.8, 4) is 0 Å². The summed E-state index contributed by atoms with van der Waals surface area (Å²) >= 11 is 0. The van der Waals surface area contributed by atoms with Gasteiger partial charge in [-0.25, -0.2) is 0 Å². The van der Waals surface area contributed by atoms with Crippen molar-refractivity contribution in [3.63, 3.8) is 0 Å². The summed E-state index contributed by atoms with van der Waals surface area (Å²) < 4.78 is 0. The van der Waals surface area contributed by atoms with E-state index in [0.29, 0.717) is 11.7 Å². The van der Waals surface area contributed by atoms with E-state index in [4.69, 9.17) is 0 Å². The normalized spacial score (nSPS) is 14.7. The number of carbonyl (C=O) groups is 1. The molecule has 2 aromatic heterocycles. The fourth-order valence-corrected chi connectivity index (χ4v) is 3.25. The summed E-state index contributed by atoms with van der Waals surface area (Å²) in [6.07, 6.45) is 5.38. The van der Waals surface area contributed by atoms with Crippen molar-refractivity contribution in [2.24, 2.45) is 0 Å². The molecule has 1 amide bonds. The van der Waals surface area contributed by atoms with Crippen LogP contribution in [0.1, 0.15) is 16.1 Å². The number of benzene rings is 1. The van der Waals surface area contributed by atoms with Crippen LogP contribution in [-0.4, -0.2) is 51.9 Å². The van der Waals surface area contributed by atoms with E-state index in [1.807, 2.05) is 47.5 Å². The molecule has 0 bridgehead atoms. The molecule has 0 unspecified atom stereocenters. The highest BCUT2D eigenvalue weighted by molar-refractivity contribution is 6.05. The molecule has 3 heterocycles. The summed E-state index contributed by atoms with van der Waals surface area (Å²) in [7, 11) is 2.09. The van der Waals surface area contributed by atoms with Gasteiger partial charge in [0, 0.05) is 49.7 Å². The van der Waals surface area contributed by atoms with Gasteiger partial charge in [0.2, 0.25) is 0 Å². The Kier molecular flexibility index (Phi) is 4.15. The van der Waals surface area contributed by atoms with Crippen molar-refractivity contribution in [3.05, 3.63) is 72.3 Å². The lowest BCUT2D eigenvalue weighted by molar-refractivity contribution is 0.0318. The highest BCUT2D eigenvalue weighted by Crippen LogP contribution is 2.22. The topological polar surface area (TPSA) is 49.3 Å².